The molecule has 0 saturated carbocycles. The normalized spacial score (nSPS) is 10.3. The predicted molar refractivity (Wildman–Crippen MR) is 66.9 cm³/mol. The van der Waals surface area contributed by atoms with Gasteiger partial charge in [0.2, 0.25) is 0 Å². The molecule has 2 aromatic carbocycles. The van der Waals surface area contributed by atoms with Crippen LogP contribution in [-0.2, 0) is 0 Å². The van der Waals surface area contributed by atoms with E-state index in [1.54, 1.807) is 36.4 Å². The van der Waals surface area contributed by atoms with E-state index in [4.69, 9.17) is 11.6 Å². The Hall–Kier alpha value is -1.67. The topological polar surface area (TPSA) is 17.1 Å². The number of hydrogen-bond donors (Lipinski definition) is 0. The number of ketones is 1. The van der Waals surface area contributed by atoms with Gasteiger partial charge in [0.25, 0.3) is 0 Å². The zero-order valence-corrected chi connectivity index (χ0v) is 9.96. The highest BCUT2D eigenvalue weighted by Gasteiger charge is 2.06. The average Bonchev–Trinajstić information content (AvgIpc) is 2.29. The molecule has 0 bridgehead atoms. The van der Waals surface area contributed by atoms with Crippen LogP contribution in [0.5, 0.6) is 0 Å². The second kappa shape index (κ2) is 4.68. The molecule has 0 spiro atoms. The summed E-state index contributed by atoms with van der Waals surface area (Å²) in [5.74, 6) is -0.374. The van der Waals surface area contributed by atoms with Gasteiger partial charge in [0.05, 0.1) is 0 Å². The average molecular weight is 249 g/mol. The van der Waals surface area contributed by atoms with E-state index in [9.17, 15) is 9.18 Å². The minimum Gasteiger partial charge on any atom is -0.295 e. The molecule has 0 fully saturated rings. The number of Topliss-reactive ketones (excluding diaryl/α,β-unsaturated/α-hetero) is 1. The second-order valence-corrected chi connectivity index (χ2v) is 4.19. The van der Waals surface area contributed by atoms with Crippen molar-refractivity contribution in [2.75, 3.05) is 0 Å². The molecule has 2 aromatic rings. The van der Waals surface area contributed by atoms with Gasteiger partial charge in [-0.05, 0) is 30.7 Å². The van der Waals surface area contributed by atoms with Crippen molar-refractivity contribution in [1.82, 2.24) is 0 Å². The van der Waals surface area contributed by atoms with E-state index in [-0.39, 0.29) is 11.6 Å². The van der Waals surface area contributed by atoms with Gasteiger partial charge < -0.3 is 0 Å². The van der Waals surface area contributed by atoms with Gasteiger partial charge in [-0.1, -0.05) is 35.9 Å². The van der Waals surface area contributed by atoms with Gasteiger partial charge in [-0.3, -0.25) is 4.79 Å². The highest BCUT2D eigenvalue weighted by molar-refractivity contribution is 6.30. The Bertz CT molecular complexity index is 561. The number of halogens is 2. The summed E-state index contributed by atoms with van der Waals surface area (Å²) >= 11 is 5.69. The third-order valence-electron chi connectivity index (χ3n) is 2.53. The van der Waals surface area contributed by atoms with E-state index in [1.165, 1.54) is 13.0 Å². The van der Waals surface area contributed by atoms with Crippen LogP contribution >= 0.6 is 11.6 Å². The fourth-order valence-corrected chi connectivity index (χ4v) is 1.77. The van der Waals surface area contributed by atoms with Crippen molar-refractivity contribution in [3.8, 4) is 11.1 Å². The number of benzene rings is 2. The molecule has 0 N–H and O–H groups in total. The van der Waals surface area contributed by atoms with Gasteiger partial charge in [0.1, 0.15) is 5.82 Å². The Labute approximate surface area is 104 Å². The molecule has 0 radical (unpaired) electrons. The van der Waals surface area contributed by atoms with E-state index in [1.807, 2.05) is 0 Å². The first kappa shape index (κ1) is 11.8. The minimum absolute atomic E-state index is 0.00636. The van der Waals surface area contributed by atoms with Crippen molar-refractivity contribution < 1.29 is 9.18 Å². The van der Waals surface area contributed by atoms with Gasteiger partial charge in [0.15, 0.2) is 5.78 Å². The van der Waals surface area contributed by atoms with Crippen LogP contribution < -0.4 is 0 Å². The smallest absolute Gasteiger partial charge is 0.159 e. The lowest BCUT2D eigenvalue weighted by Crippen LogP contribution is -1.91. The maximum Gasteiger partial charge on any atom is 0.159 e. The number of rotatable bonds is 2. The minimum atomic E-state index is -0.368. The first-order valence-corrected chi connectivity index (χ1v) is 5.52. The van der Waals surface area contributed by atoms with E-state index < -0.39 is 0 Å². The monoisotopic (exact) mass is 248 g/mol. The van der Waals surface area contributed by atoms with Crippen molar-refractivity contribution in [3.05, 3.63) is 58.9 Å². The lowest BCUT2D eigenvalue weighted by Gasteiger charge is -2.04. The third-order valence-corrected chi connectivity index (χ3v) is 2.77. The van der Waals surface area contributed by atoms with Crippen LogP contribution in [0.15, 0.2) is 42.5 Å². The highest BCUT2D eigenvalue weighted by Crippen LogP contribution is 2.25. The van der Waals surface area contributed by atoms with Crippen LogP contribution in [0.2, 0.25) is 5.02 Å². The van der Waals surface area contributed by atoms with Crippen LogP contribution in [0.25, 0.3) is 11.1 Å². The Morgan fingerprint density at radius 2 is 1.76 bits per heavy atom. The standard InChI is InChI=1S/C14H10ClFO/c1-9(17)10-2-4-11(5-3-10)13-7-6-12(15)8-14(13)16/h2-8H,1H3. The molecule has 3 heteroatoms. The number of hydrogen-bond acceptors (Lipinski definition) is 1. The SMILES string of the molecule is CC(=O)c1ccc(-c2ccc(Cl)cc2F)cc1. The quantitative estimate of drug-likeness (QED) is 0.722. The summed E-state index contributed by atoms with van der Waals surface area (Å²) in [6.07, 6.45) is 0. The summed E-state index contributed by atoms with van der Waals surface area (Å²) in [4.78, 5) is 11.1. The zero-order valence-electron chi connectivity index (χ0n) is 9.21. The molecule has 86 valence electrons. The molecule has 0 unspecified atom stereocenters. The van der Waals surface area contributed by atoms with Crippen molar-refractivity contribution in [2.45, 2.75) is 6.92 Å². The largest absolute Gasteiger partial charge is 0.295 e. The Balaban J connectivity index is 2.43. The van der Waals surface area contributed by atoms with Crippen molar-refractivity contribution >= 4 is 17.4 Å². The number of carbonyl (C=O) groups is 1. The fraction of sp³-hybridized carbons (Fsp3) is 0.0714. The molecule has 0 aliphatic rings. The lowest BCUT2D eigenvalue weighted by molar-refractivity contribution is 0.101. The van der Waals surface area contributed by atoms with E-state index in [2.05, 4.69) is 0 Å². The molecule has 0 aromatic heterocycles. The van der Waals surface area contributed by atoms with Gasteiger partial charge in [-0.2, -0.15) is 0 Å². The lowest BCUT2D eigenvalue weighted by atomic mass is 10.0. The first-order chi connectivity index (χ1) is 8.08. The third kappa shape index (κ3) is 2.53. The Morgan fingerprint density at radius 1 is 1.12 bits per heavy atom. The molecule has 0 amide bonds. The molecule has 0 aliphatic heterocycles. The molecule has 0 atom stereocenters. The van der Waals surface area contributed by atoms with Crippen molar-refractivity contribution in [3.63, 3.8) is 0 Å². The molecule has 17 heavy (non-hydrogen) atoms. The fourth-order valence-electron chi connectivity index (χ4n) is 1.61. The first-order valence-electron chi connectivity index (χ1n) is 5.14. The van der Waals surface area contributed by atoms with Gasteiger partial charge in [-0.25, -0.2) is 4.39 Å². The maximum absolute atomic E-state index is 13.6. The Morgan fingerprint density at radius 3 is 2.29 bits per heavy atom. The zero-order chi connectivity index (χ0) is 12.4. The van der Waals surface area contributed by atoms with Crippen LogP contribution in [-0.4, -0.2) is 5.78 Å². The van der Waals surface area contributed by atoms with Gasteiger partial charge >= 0.3 is 0 Å². The molecule has 2 rings (SSSR count). The summed E-state index contributed by atoms with van der Waals surface area (Å²) in [6, 6.07) is 11.4. The van der Waals surface area contributed by atoms with Crippen molar-refractivity contribution in [2.24, 2.45) is 0 Å². The second-order valence-electron chi connectivity index (χ2n) is 3.76. The van der Waals surface area contributed by atoms with Crippen LogP contribution in [0.1, 0.15) is 17.3 Å². The van der Waals surface area contributed by atoms with E-state index in [0.29, 0.717) is 16.1 Å². The van der Waals surface area contributed by atoms with Crippen LogP contribution in [0.4, 0.5) is 4.39 Å². The summed E-state index contributed by atoms with van der Waals surface area (Å²) in [6.45, 7) is 1.50. The van der Waals surface area contributed by atoms with E-state index in [0.717, 1.165) is 5.56 Å². The highest BCUT2D eigenvalue weighted by atomic mass is 35.5. The number of carbonyl (C=O) groups excluding carboxylic acids is 1. The summed E-state index contributed by atoms with van der Waals surface area (Å²) < 4.78 is 13.6. The van der Waals surface area contributed by atoms with Crippen LogP contribution in [0.3, 0.4) is 0 Å². The molecular formula is C14H10ClFO. The van der Waals surface area contributed by atoms with Crippen LogP contribution in [0, 0.1) is 5.82 Å². The van der Waals surface area contributed by atoms with Crippen molar-refractivity contribution in [1.29, 1.82) is 0 Å². The molecule has 0 heterocycles. The molecular weight excluding hydrogens is 239 g/mol. The summed E-state index contributed by atoms with van der Waals surface area (Å²) in [5, 5.41) is 0.367. The van der Waals surface area contributed by atoms with Gasteiger partial charge in [0, 0.05) is 16.1 Å². The van der Waals surface area contributed by atoms with Gasteiger partial charge in [-0.15, -0.1) is 0 Å². The summed E-state index contributed by atoms with van der Waals surface area (Å²) in [7, 11) is 0. The van der Waals surface area contributed by atoms with E-state index >= 15 is 0 Å². The maximum atomic E-state index is 13.6. The predicted octanol–water partition coefficient (Wildman–Crippen LogP) is 4.35. The molecule has 0 saturated heterocycles. The summed E-state index contributed by atoms with van der Waals surface area (Å²) in [5.41, 5.74) is 1.82. The Kier molecular flexibility index (Phi) is 3.25. The molecule has 1 nitrogen and oxygen atoms in total. The molecule has 0 aliphatic carbocycles.